The summed E-state index contributed by atoms with van der Waals surface area (Å²) < 4.78 is 9.99. The number of rotatable bonds is 5. The summed E-state index contributed by atoms with van der Waals surface area (Å²) in [5.74, 6) is -0.817. The highest BCUT2D eigenvalue weighted by Gasteiger charge is 2.37. The Labute approximate surface area is 162 Å². The topological polar surface area (TPSA) is 89.0 Å². The average Bonchev–Trinajstić information content (AvgIpc) is 2.94. The molecular weight excluding hydrogens is 360 g/mol. The fraction of sp³-hybridized carbons (Fsp3) is 0.190. The van der Waals surface area contributed by atoms with Crippen LogP contribution in [0.3, 0.4) is 0 Å². The van der Waals surface area contributed by atoms with Crippen molar-refractivity contribution >= 4 is 18.0 Å². The van der Waals surface area contributed by atoms with Crippen molar-refractivity contribution in [2.24, 2.45) is 0 Å². The van der Waals surface area contributed by atoms with Gasteiger partial charge in [0.15, 0.2) is 11.5 Å². The molecule has 0 saturated carbocycles. The van der Waals surface area contributed by atoms with Crippen LogP contribution < -0.4 is 4.74 Å². The van der Waals surface area contributed by atoms with Gasteiger partial charge >= 0.3 is 5.97 Å². The van der Waals surface area contributed by atoms with E-state index in [1.807, 2.05) is 6.07 Å². The van der Waals surface area contributed by atoms with E-state index >= 15 is 0 Å². The number of hydrogen-bond donors (Lipinski definition) is 1. The summed E-state index contributed by atoms with van der Waals surface area (Å²) in [5, 5.41) is 10.3. The predicted molar refractivity (Wildman–Crippen MR) is 102 cm³/mol. The zero-order valence-corrected chi connectivity index (χ0v) is 15.8. The average molecular weight is 380 g/mol. The summed E-state index contributed by atoms with van der Waals surface area (Å²) in [6.07, 6.45) is 4.78. The smallest absolute Gasteiger partial charge is 0.340 e. The summed E-state index contributed by atoms with van der Waals surface area (Å²) in [4.78, 5) is 31.0. The number of aromatic hydroxyl groups is 1. The molecule has 28 heavy (non-hydrogen) atoms. The van der Waals surface area contributed by atoms with Crippen molar-refractivity contribution in [3.8, 4) is 11.5 Å². The highest BCUT2D eigenvalue weighted by molar-refractivity contribution is 6.16. The van der Waals surface area contributed by atoms with Gasteiger partial charge in [-0.3, -0.25) is 9.78 Å². The van der Waals surface area contributed by atoms with E-state index in [4.69, 9.17) is 9.47 Å². The first-order valence-corrected chi connectivity index (χ1v) is 8.56. The van der Waals surface area contributed by atoms with Crippen LogP contribution in [0.25, 0.3) is 6.08 Å². The number of allylic oxidation sites excluding steroid dienone is 1. The van der Waals surface area contributed by atoms with Crippen LogP contribution in [-0.2, 0) is 20.9 Å². The molecule has 0 radical (unpaired) electrons. The van der Waals surface area contributed by atoms with Gasteiger partial charge in [0.1, 0.15) is 0 Å². The molecule has 144 valence electrons. The summed E-state index contributed by atoms with van der Waals surface area (Å²) in [6, 6.07) is 8.55. The van der Waals surface area contributed by atoms with Gasteiger partial charge in [0.2, 0.25) is 0 Å². The van der Waals surface area contributed by atoms with Crippen molar-refractivity contribution < 1.29 is 24.2 Å². The lowest BCUT2D eigenvalue weighted by atomic mass is 10.0. The number of methoxy groups -OCH3 is 2. The number of phenols is 1. The number of aromatic nitrogens is 1. The number of carbonyl (C=O) groups excluding carboxylic acids is 2. The monoisotopic (exact) mass is 380 g/mol. The van der Waals surface area contributed by atoms with Gasteiger partial charge in [-0.25, -0.2) is 4.79 Å². The second-order valence-electron chi connectivity index (χ2n) is 6.16. The van der Waals surface area contributed by atoms with Crippen molar-refractivity contribution in [1.82, 2.24) is 9.88 Å². The summed E-state index contributed by atoms with van der Waals surface area (Å²) in [6.45, 7) is 1.95. The summed E-state index contributed by atoms with van der Waals surface area (Å²) in [7, 11) is 2.70. The Kier molecular flexibility index (Phi) is 5.44. The number of esters is 1. The lowest BCUT2D eigenvalue weighted by Gasteiger charge is -2.17. The third kappa shape index (κ3) is 3.46. The van der Waals surface area contributed by atoms with E-state index in [2.05, 4.69) is 4.98 Å². The van der Waals surface area contributed by atoms with E-state index in [0.717, 1.165) is 5.56 Å². The molecular formula is C21H20N2O5. The number of nitrogens with zero attached hydrogens (tertiary/aromatic N) is 2. The van der Waals surface area contributed by atoms with E-state index in [0.29, 0.717) is 11.3 Å². The molecule has 1 amide bonds. The zero-order valence-electron chi connectivity index (χ0n) is 15.8. The van der Waals surface area contributed by atoms with Gasteiger partial charge in [-0.05, 0) is 30.7 Å². The van der Waals surface area contributed by atoms with Crippen molar-refractivity contribution in [3.05, 3.63) is 70.7 Å². The van der Waals surface area contributed by atoms with Gasteiger partial charge in [0, 0.05) is 23.7 Å². The van der Waals surface area contributed by atoms with Crippen LogP contribution >= 0.6 is 0 Å². The molecule has 3 rings (SSSR count). The molecule has 0 saturated heterocycles. The van der Waals surface area contributed by atoms with Crippen LogP contribution in [0.1, 0.15) is 18.1 Å². The molecule has 0 bridgehead atoms. The molecule has 1 aliphatic heterocycles. The van der Waals surface area contributed by atoms with Gasteiger partial charge < -0.3 is 19.5 Å². The minimum absolute atomic E-state index is 0.113. The molecule has 0 spiro atoms. The summed E-state index contributed by atoms with van der Waals surface area (Å²) >= 11 is 0. The zero-order chi connectivity index (χ0) is 20.3. The molecule has 0 aliphatic carbocycles. The molecule has 0 unspecified atom stereocenters. The maximum atomic E-state index is 13.1. The Bertz CT molecular complexity index is 980. The molecule has 1 aromatic heterocycles. The molecule has 7 heteroatoms. The highest BCUT2D eigenvalue weighted by atomic mass is 16.5. The molecule has 1 aromatic carbocycles. The first-order chi connectivity index (χ1) is 13.5. The second-order valence-corrected chi connectivity index (χ2v) is 6.16. The normalized spacial score (nSPS) is 15.3. The largest absolute Gasteiger partial charge is 0.504 e. The van der Waals surface area contributed by atoms with E-state index < -0.39 is 5.97 Å². The lowest BCUT2D eigenvalue weighted by Crippen LogP contribution is -2.24. The van der Waals surface area contributed by atoms with Crippen LogP contribution in [0.15, 0.2) is 59.6 Å². The maximum absolute atomic E-state index is 13.1. The molecule has 1 N–H and O–H groups in total. The Morgan fingerprint density at radius 3 is 2.68 bits per heavy atom. The van der Waals surface area contributed by atoms with Gasteiger partial charge in [-0.2, -0.15) is 0 Å². The third-order valence-electron chi connectivity index (χ3n) is 4.51. The summed E-state index contributed by atoms with van der Waals surface area (Å²) in [5.41, 5.74) is 1.98. The van der Waals surface area contributed by atoms with Crippen LogP contribution in [0, 0.1) is 0 Å². The van der Waals surface area contributed by atoms with Gasteiger partial charge in [-0.1, -0.05) is 18.2 Å². The van der Waals surface area contributed by atoms with E-state index in [1.54, 1.807) is 43.6 Å². The minimum Gasteiger partial charge on any atom is -0.504 e. The van der Waals surface area contributed by atoms with E-state index in [-0.39, 0.29) is 35.1 Å². The van der Waals surface area contributed by atoms with Gasteiger partial charge in [-0.15, -0.1) is 0 Å². The van der Waals surface area contributed by atoms with Crippen LogP contribution in [0.4, 0.5) is 0 Å². The number of amides is 1. The Morgan fingerprint density at radius 1 is 1.25 bits per heavy atom. The van der Waals surface area contributed by atoms with Crippen LogP contribution in [-0.4, -0.2) is 41.1 Å². The SMILES string of the molecule is COC(=O)C1=C(C)N(Cc2cccnc2)C(=O)/C1=C\c1cccc(OC)c1O. The maximum Gasteiger partial charge on any atom is 0.340 e. The number of ether oxygens (including phenoxy) is 2. The molecule has 0 fully saturated rings. The van der Waals surface area contributed by atoms with E-state index in [1.165, 1.54) is 25.2 Å². The number of benzene rings is 1. The first kappa shape index (κ1) is 19.2. The number of hydrogen-bond acceptors (Lipinski definition) is 6. The standard InChI is InChI=1S/C21H20N2O5/c1-13-18(21(26)28-3)16(10-15-7-4-8-17(27-2)19(15)24)20(25)23(13)12-14-6-5-9-22-11-14/h4-11,24H,12H2,1-3H3/b16-10-. The number of pyridine rings is 1. The Morgan fingerprint density at radius 2 is 2.04 bits per heavy atom. The highest BCUT2D eigenvalue weighted by Crippen LogP contribution is 2.36. The van der Waals surface area contributed by atoms with E-state index in [9.17, 15) is 14.7 Å². The fourth-order valence-corrected chi connectivity index (χ4v) is 3.07. The third-order valence-corrected chi connectivity index (χ3v) is 4.51. The fourth-order valence-electron chi connectivity index (χ4n) is 3.07. The lowest BCUT2D eigenvalue weighted by molar-refractivity contribution is -0.136. The predicted octanol–water partition coefficient (Wildman–Crippen LogP) is 2.67. The van der Waals surface area contributed by atoms with Gasteiger partial charge in [0.05, 0.1) is 31.9 Å². The van der Waals surface area contributed by atoms with Gasteiger partial charge in [0.25, 0.3) is 5.91 Å². The van der Waals surface area contributed by atoms with Crippen LogP contribution in [0.5, 0.6) is 11.5 Å². The molecule has 1 aliphatic rings. The second kappa shape index (κ2) is 7.96. The molecule has 7 nitrogen and oxygen atoms in total. The molecule has 2 heterocycles. The first-order valence-electron chi connectivity index (χ1n) is 8.56. The van der Waals surface area contributed by atoms with Crippen molar-refractivity contribution in [1.29, 1.82) is 0 Å². The minimum atomic E-state index is -0.617. The number of phenolic OH excluding ortho intramolecular Hbond substituents is 1. The quantitative estimate of drug-likeness (QED) is 0.634. The number of para-hydroxylation sites is 1. The molecule has 0 atom stereocenters. The van der Waals surface area contributed by atoms with Crippen molar-refractivity contribution in [3.63, 3.8) is 0 Å². The van der Waals surface area contributed by atoms with Crippen molar-refractivity contribution in [2.75, 3.05) is 14.2 Å². The van der Waals surface area contributed by atoms with Crippen LogP contribution in [0.2, 0.25) is 0 Å². The Balaban J connectivity index is 2.07. The van der Waals surface area contributed by atoms with Crippen molar-refractivity contribution in [2.45, 2.75) is 13.5 Å². The Hall–Kier alpha value is -3.61. The number of carbonyl (C=O) groups is 2. The molecule has 2 aromatic rings.